The molecule has 1 aliphatic rings. The van der Waals surface area contributed by atoms with E-state index in [1.807, 2.05) is 0 Å². The van der Waals surface area contributed by atoms with E-state index in [0.717, 1.165) is 0 Å². The lowest BCUT2D eigenvalue weighted by molar-refractivity contribution is -0.175. The molecule has 0 saturated carbocycles. The number of hydrogen-bond donors (Lipinski definition) is 3. The smallest absolute Gasteiger partial charge is 0.407 e. The number of rotatable bonds is 6. The third kappa shape index (κ3) is 4.87. The molecule has 3 amide bonds. The first-order valence-electron chi connectivity index (χ1n) is 9.04. The van der Waals surface area contributed by atoms with Gasteiger partial charge in [0.25, 0.3) is 11.7 Å². The lowest BCUT2D eigenvalue weighted by atomic mass is 10.1. The summed E-state index contributed by atoms with van der Waals surface area (Å²) in [6.07, 6.45) is -0.883. The molecule has 0 unspecified atom stereocenters. The van der Waals surface area contributed by atoms with Crippen LogP contribution >= 0.6 is 11.6 Å². The number of carbonyl (C=O) groups excluding carboxylic acids is 3. The van der Waals surface area contributed by atoms with Crippen molar-refractivity contribution < 1.29 is 28.6 Å². The first kappa shape index (κ1) is 21.5. The van der Waals surface area contributed by atoms with E-state index in [2.05, 4.69) is 5.32 Å². The van der Waals surface area contributed by atoms with Crippen molar-refractivity contribution in [3.05, 3.63) is 64.4 Å². The molecule has 0 aromatic heterocycles. The van der Waals surface area contributed by atoms with Crippen LogP contribution in [0.15, 0.2) is 42.5 Å². The van der Waals surface area contributed by atoms with E-state index in [1.54, 1.807) is 18.2 Å². The SMILES string of the molecule is NC(=O)c1cccc(N2CC[C@@](O)(OC(=O)NCCc3cc(F)cc(Cl)c3)C2=O)c1. The van der Waals surface area contributed by atoms with Gasteiger partial charge in [0, 0.05) is 35.8 Å². The molecule has 30 heavy (non-hydrogen) atoms. The molecule has 3 rings (SSSR count). The van der Waals surface area contributed by atoms with Gasteiger partial charge in [0.2, 0.25) is 5.91 Å². The highest BCUT2D eigenvalue weighted by atomic mass is 35.5. The second-order valence-electron chi connectivity index (χ2n) is 6.75. The monoisotopic (exact) mass is 435 g/mol. The Morgan fingerprint density at radius 3 is 2.77 bits per heavy atom. The highest BCUT2D eigenvalue weighted by Gasteiger charge is 2.49. The van der Waals surface area contributed by atoms with Crippen molar-refractivity contribution in [1.29, 1.82) is 0 Å². The van der Waals surface area contributed by atoms with Gasteiger partial charge in [0.15, 0.2) is 0 Å². The van der Waals surface area contributed by atoms with Gasteiger partial charge in [0.05, 0.1) is 0 Å². The number of anilines is 1. The molecular weight excluding hydrogens is 417 g/mol. The summed E-state index contributed by atoms with van der Waals surface area (Å²) >= 11 is 5.78. The predicted octanol–water partition coefficient (Wildman–Crippen LogP) is 1.97. The molecule has 1 aliphatic heterocycles. The summed E-state index contributed by atoms with van der Waals surface area (Å²) in [7, 11) is 0. The number of amides is 3. The zero-order chi connectivity index (χ0) is 21.9. The van der Waals surface area contributed by atoms with E-state index in [1.165, 1.54) is 29.2 Å². The van der Waals surface area contributed by atoms with Gasteiger partial charge in [-0.2, -0.15) is 0 Å². The van der Waals surface area contributed by atoms with E-state index in [0.29, 0.717) is 11.3 Å². The highest BCUT2D eigenvalue weighted by molar-refractivity contribution is 6.30. The lowest BCUT2D eigenvalue weighted by Gasteiger charge is -2.22. The maximum absolute atomic E-state index is 13.3. The van der Waals surface area contributed by atoms with Crippen LogP contribution in [0, 0.1) is 5.82 Å². The minimum absolute atomic E-state index is 0.0760. The topological polar surface area (TPSA) is 122 Å². The minimum Gasteiger partial charge on any atom is -0.407 e. The number of alkyl carbamates (subject to hydrolysis) is 1. The van der Waals surface area contributed by atoms with Crippen molar-refractivity contribution in [3.8, 4) is 0 Å². The first-order valence-corrected chi connectivity index (χ1v) is 9.42. The fraction of sp³-hybridized carbons (Fsp3) is 0.250. The van der Waals surface area contributed by atoms with Crippen LogP contribution in [0.3, 0.4) is 0 Å². The van der Waals surface area contributed by atoms with Crippen molar-refractivity contribution in [2.24, 2.45) is 5.73 Å². The van der Waals surface area contributed by atoms with Gasteiger partial charge in [0.1, 0.15) is 5.82 Å². The Morgan fingerprint density at radius 2 is 2.07 bits per heavy atom. The maximum atomic E-state index is 13.3. The van der Waals surface area contributed by atoms with E-state index >= 15 is 0 Å². The molecule has 158 valence electrons. The molecule has 10 heteroatoms. The molecular formula is C20H19ClFN3O5. The van der Waals surface area contributed by atoms with Gasteiger partial charge in [-0.15, -0.1) is 0 Å². The zero-order valence-corrected chi connectivity index (χ0v) is 16.5. The Bertz CT molecular complexity index is 982. The molecule has 1 saturated heterocycles. The van der Waals surface area contributed by atoms with Crippen LogP contribution in [0.1, 0.15) is 22.3 Å². The van der Waals surface area contributed by atoms with Crippen LogP contribution in [-0.4, -0.2) is 41.9 Å². The van der Waals surface area contributed by atoms with Crippen molar-refractivity contribution in [2.45, 2.75) is 18.6 Å². The van der Waals surface area contributed by atoms with Crippen molar-refractivity contribution >= 4 is 35.2 Å². The summed E-state index contributed by atoms with van der Waals surface area (Å²) in [5, 5.41) is 13.1. The highest BCUT2D eigenvalue weighted by Crippen LogP contribution is 2.29. The summed E-state index contributed by atoms with van der Waals surface area (Å²) in [6, 6.07) is 10.0. The molecule has 1 heterocycles. The third-order valence-corrected chi connectivity index (χ3v) is 4.78. The van der Waals surface area contributed by atoms with Gasteiger partial charge in [-0.1, -0.05) is 17.7 Å². The molecule has 1 fully saturated rings. The number of aliphatic hydroxyl groups is 1. The number of primary amides is 1. The minimum atomic E-state index is -2.34. The maximum Gasteiger partial charge on any atom is 0.410 e. The van der Waals surface area contributed by atoms with Crippen LogP contribution < -0.4 is 16.0 Å². The van der Waals surface area contributed by atoms with E-state index in [-0.39, 0.29) is 36.5 Å². The van der Waals surface area contributed by atoms with Crippen molar-refractivity contribution in [2.75, 3.05) is 18.0 Å². The molecule has 8 nitrogen and oxygen atoms in total. The van der Waals surface area contributed by atoms with E-state index in [9.17, 15) is 23.9 Å². The lowest BCUT2D eigenvalue weighted by Crippen LogP contribution is -2.46. The number of hydrogen-bond acceptors (Lipinski definition) is 5. The summed E-state index contributed by atoms with van der Waals surface area (Å²) in [6.45, 7) is 0.153. The zero-order valence-electron chi connectivity index (χ0n) is 15.7. The molecule has 0 radical (unpaired) electrons. The quantitative estimate of drug-likeness (QED) is 0.599. The number of nitrogens with one attached hydrogen (secondary N) is 1. The average Bonchev–Trinajstić information content (AvgIpc) is 2.95. The number of halogens is 2. The summed E-state index contributed by atoms with van der Waals surface area (Å²) < 4.78 is 18.3. The Hall–Kier alpha value is -3.17. The predicted molar refractivity (Wildman–Crippen MR) is 106 cm³/mol. The van der Waals surface area contributed by atoms with Gasteiger partial charge < -0.3 is 25.8 Å². The Labute approximate surface area is 176 Å². The molecule has 4 N–H and O–H groups in total. The van der Waals surface area contributed by atoms with Crippen LogP contribution in [-0.2, 0) is 16.0 Å². The van der Waals surface area contributed by atoms with Gasteiger partial charge in [-0.05, 0) is 48.4 Å². The number of ether oxygens (including phenoxy) is 1. The Kier molecular flexibility index (Phi) is 6.23. The molecule has 0 aliphatic carbocycles. The number of nitrogens with two attached hydrogens (primary N) is 1. The third-order valence-electron chi connectivity index (χ3n) is 4.56. The molecule has 0 spiro atoms. The fourth-order valence-electron chi connectivity index (χ4n) is 3.10. The average molecular weight is 436 g/mol. The standard InChI is InChI=1S/C20H19ClFN3O5/c21-14-8-12(9-15(22)11-14)4-6-24-19(28)30-20(29)5-7-25(18(20)27)16-3-1-2-13(10-16)17(23)26/h1-3,8-11,29H,4-7H2,(H2,23,26)(H,24,28)/t20-/m1/s1. The Morgan fingerprint density at radius 1 is 1.30 bits per heavy atom. The number of carbonyl (C=O) groups is 3. The van der Waals surface area contributed by atoms with Crippen LogP contribution in [0.25, 0.3) is 0 Å². The van der Waals surface area contributed by atoms with Crippen LogP contribution in [0.2, 0.25) is 5.02 Å². The van der Waals surface area contributed by atoms with Crippen LogP contribution in [0.5, 0.6) is 0 Å². The van der Waals surface area contributed by atoms with E-state index < -0.39 is 29.5 Å². The number of benzene rings is 2. The second kappa shape index (κ2) is 8.68. The number of nitrogens with zero attached hydrogens (tertiary/aromatic N) is 1. The second-order valence-corrected chi connectivity index (χ2v) is 7.19. The van der Waals surface area contributed by atoms with Crippen molar-refractivity contribution in [3.63, 3.8) is 0 Å². The van der Waals surface area contributed by atoms with Crippen LogP contribution in [0.4, 0.5) is 14.9 Å². The largest absolute Gasteiger partial charge is 0.410 e. The van der Waals surface area contributed by atoms with Gasteiger partial charge >= 0.3 is 6.09 Å². The molecule has 0 bridgehead atoms. The fourth-order valence-corrected chi connectivity index (χ4v) is 3.35. The molecule has 1 atom stereocenters. The summed E-state index contributed by atoms with van der Waals surface area (Å²) in [4.78, 5) is 37.2. The van der Waals surface area contributed by atoms with E-state index in [4.69, 9.17) is 22.1 Å². The summed E-state index contributed by atoms with van der Waals surface area (Å²) in [5.74, 6) is -4.33. The first-order chi connectivity index (χ1) is 14.2. The molecule has 2 aromatic rings. The van der Waals surface area contributed by atoms with Gasteiger partial charge in [-0.3, -0.25) is 9.59 Å². The van der Waals surface area contributed by atoms with Crippen molar-refractivity contribution in [1.82, 2.24) is 5.32 Å². The van der Waals surface area contributed by atoms with Gasteiger partial charge in [-0.25, -0.2) is 9.18 Å². The normalized spacial score (nSPS) is 18.4. The Balaban J connectivity index is 1.58. The molecule has 2 aromatic carbocycles. The summed E-state index contributed by atoms with van der Waals surface area (Å²) in [5.41, 5.74) is 6.36.